The molecule has 0 spiro atoms. The van der Waals surface area contributed by atoms with Crippen LogP contribution in [0.1, 0.15) is 25.7 Å². The van der Waals surface area contributed by atoms with Crippen molar-refractivity contribution in [2.45, 2.75) is 65.0 Å². The highest BCUT2D eigenvalue weighted by Gasteiger charge is 2.16. The second kappa shape index (κ2) is 19.7. The van der Waals surface area contributed by atoms with E-state index < -0.39 is 46.3 Å². The Morgan fingerprint density at radius 1 is 0.479 bits per heavy atom. The Hall–Kier alpha value is -5.68. The minimum atomic E-state index is -0.840. The number of hydrogen-bond acceptors (Lipinski definition) is 10. The summed E-state index contributed by atoms with van der Waals surface area (Å²) in [6.45, 7) is 13.2. The van der Waals surface area contributed by atoms with Gasteiger partial charge in [0.2, 0.25) is 0 Å². The minimum Gasteiger partial charge on any atom is -0.448 e. The van der Waals surface area contributed by atoms with Crippen molar-refractivity contribution >= 4 is 12.2 Å². The lowest BCUT2D eigenvalue weighted by molar-refractivity contribution is 0.139. The molecule has 262 valence electrons. The molecule has 2 aromatic heterocycles. The maximum absolute atomic E-state index is 12.6. The summed E-state index contributed by atoms with van der Waals surface area (Å²) in [5.41, 5.74) is -4.93. The van der Waals surface area contributed by atoms with Crippen LogP contribution in [0.5, 0.6) is 0 Å². The predicted octanol–water partition coefficient (Wildman–Crippen LogP) is -0.886. The summed E-state index contributed by atoms with van der Waals surface area (Å²) in [4.78, 5) is 99.2. The molecule has 18 heteroatoms. The van der Waals surface area contributed by atoms with E-state index in [-0.39, 0.29) is 52.5 Å². The molecule has 2 N–H and O–H groups in total. The number of ether oxygens (including phenoxy) is 2. The second-order valence-electron chi connectivity index (χ2n) is 10.1. The van der Waals surface area contributed by atoms with Crippen LogP contribution >= 0.6 is 0 Å². The Morgan fingerprint density at radius 3 is 1.02 bits per heavy atom. The normalized spacial score (nSPS) is 10.6. The molecule has 0 aromatic carbocycles. The van der Waals surface area contributed by atoms with Gasteiger partial charge in [0.25, 0.3) is 0 Å². The number of nitrogens with one attached hydrogen (secondary N) is 2. The van der Waals surface area contributed by atoms with Crippen molar-refractivity contribution in [1.82, 2.24) is 38.0 Å². The number of amides is 2. The lowest BCUT2D eigenvalue weighted by Crippen LogP contribution is -2.54. The Kier molecular flexibility index (Phi) is 15.8. The van der Waals surface area contributed by atoms with Gasteiger partial charge in [0.1, 0.15) is 13.2 Å². The molecule has 2 heterocycles. The molecule has 0 aliphatic carbocycles. The third-order valence-corrected chi connectivity index (χ3v) is 6.76. The van der Waals surface area contributed by atoms with Crippen LogP contribution in [0.3, 0.4) is 0 Å². The highest BCUT2D eigenvalue weighted by atomic mass is 16.6. The molecule has 0 saturated heterocycles. The first-order chi connectivity index (χ1) is 23.0. The van der Waals surface area contributed by atoms with Crippen molar-refractivity contribution in [3.63, 3.8) is 0 Å². The fourth-order valence-electron chi connectivity index (χ4n) is 4.43. The topological polar surface area (TPSA) is 209 Å². The van der Waals surface area contributed by atoms with E-state index in [4.69, 9.17) is 9.47 Å². The van der Waals surface area contributed by atoms with Gasteiger partial charge in [0.05, 0.1) is 39.3 Å². The van der Waals surface area contributed by atoms with Gasteiger partial charge < -0.3 is 20.1 Å². The van der Waals surface area contributed by atoms with Crippen LogP contribution in [-0.4, -0.2) is 65.9 Å². The molecule has 0 bridgehead atoms. The number of carbonyl (C=O) groups is 2. The minimum absolute atomic E-state index is 0.0986. The number of hydrogen-bond donors (Lipinski definition) is 2. The molecule has 0 aliphatic rings. The van der Waals surface area contributed by atoms with E-state index in [1.54, 1.807) is 0 Å². The van der Waals surface area contributed by atoms with Crippen LogP contribution in [0.2, 0.25) is 0 Å². The highest BCUT2D eigenvalue weighted by Crippen LogP contribution is 1.98. The Balaban J connectivity index is 1.68. The zero-order chi connectivity index (χ0) is 35.6. The summed E-state index contributed by atoms with van der Waals surface area (Å²) in [5.74, 6) is 0. The largest absolute Gasteiger partial charge is 0.448 e. The summed E-state index contributed by atoms with van der Waals surface area (Å²) >= 11 is 0. The lowest BCUT2D eigenvalue weighted by Gasteiger charge is -2.12. The molecule has 0 unspecified atom stereocenters. The molecule has 2 rings (SSSR count). The Morgan fingerprint density at radius 2 is 0.750 bits per heavy atom. The molecular weight excluding hydrogens is 632 g/mol. The lowest BCUT2D eigenvalue weighted by atomic mass is 10.2. The molecule has 0 atom stereocenters. The molecule has 2 amide bonds. The summed E-state index contributed by atoms with van der Waals surface area (Å²) in [5, 5.41) is 5.14. The fraction of sp³-hybridized carbons (Fsp3) is 0.467. The molecular formula is C30H42N8O10. The van der Waals surface area contributed by atoms with E-state index in [1.807, 2.05) is 0 Å². The zero-order valence-corrected chi connectivity index (χ0v) is 26.8. The van der Waals surface area contributed by atoms with Gasteiger partial charge >= 0.3 is 46.3 Å². The van der Waals surface area contributed by atoms with E-state index in [0.717, 1.165) is 40.2 Å². The van der Waals surface area contributed by atoms with Gasteiger partial charge in [0.15, 0.2) is 0 Å². The highest BCUT2D eigenvalue weighted by molar-refractivity contribution is 5.67. The first kappa shape index (κ1) is 38.5. The molecule has 48 heavy (non-hydrogen) atoms. The van der Waals surface area contributed by atoms with Crippen molar-refractivity contribution < 1.29 is 19.1 Å². The van der Waals surface area contributed by atoms with Crippen LogP contribution in [0.25, 0.3) is 0 Å². The maximum atomic E-state index is 12.6. The smallest absolute Gasteiger partial charge is 0.407 e. The van der Waals surface area contributed by atoms with Crippen molar-refractivity contribution in [1.29, 1.82) is 0 Å². The first-order valence-corrected chi connectivity index (χ1v) is 15.2. The number of unbranched alkanes of at least 4 members (excludes halogenated alkanes) is 3. The molecule has 0 fully saturated rings. The number of rotatable bonds is 21. The number of alkyl carbamates (subject to hydrolysis) is 2. The number of carbonyl (C=O) groups excluding carboxylic acids is 2. The maximum Gasteiger partial charge on any atom is 0.407 e. The quantitative estimate of drug-likeness (QED) is 0.123. The van der Waals surface area contributed by atoms with Crippen molar-refractivity contribution in [2.24, 2.45) is 0 Å². The van der Waals surface area contributed by atoms with Crippen LogP contribution < -0.4 is 44.8 Å². The zero-order valence-electron chi connectivity index (χ0n) is 26.8. The van der Waals surface area contributed by atoms with E-state index >= 15 is 0 Å². The van der Waals surface area contributed by atoms with Gasteiger partial charge in [-0.25, -0.2) is 65.8 Å². The average molecular weight is 675 g/mol. The Bertz CT molecular complexity index is 1610. The summed E-state index contributed by atoms with van der Waals surface area (Å²) < 4.78 is 15.1. The van der Waals surface area contributed by atoms with Gasteiger partial charge in [-0.15, -0.1) is 26.3 Å². The van der Waals surface area contributed by atoms with Gasteiger partial charge in [-0.3, -0.25) is 0 Å². The summed E-state index contributed by atoms with van der Waals surface area (Å²) in [6, 6.07) is 0. The molecule has 0 radical (unpaired) electrons. The Labute approximate surface area is 274 Å². The third-order valence-electron chi connectivity index (χ3n) is 6.76. The van der Waals surface area contributed by atoms with Crippen LogP contribution in [0.15, 0.2) is 79.4 Å². The molecule has 0 saturated carbocycles. The third kappa shape index (κ3) is 10.4. The van der Waals surface area contributed by atoms with Crippen LogP contribution in [0.4, 0.5) is 9.59 Å². The predicted molar refractivity (Wildman–Crippen MR) is 176 cm³/mol. The van der Waals surface area contributed by atoms with Gasteiger partial charge in [-0.1, -0.05) is 37.1 Å². The van der Waals surface area contributed by atoms with Gasteiger partial charge in [0, 0.05) is 13.1 Å². The monoisotopic (exact) mass is 674 g/mol. The molecule has 18 nitrogen and oxygen atoms in total. The number of aromatic nitrogens is 6. The average Bonchev–Trinajstić information content (AvgIpc) is 3.06. The SMILES string of the molecule is C=CCn1c(=O)n(CC=C)c(=O)n(CCOC(=O)NCCCCCCNC(=O)OCCn2c(=O)n(CC=C)c(=O)n(CC=C)c2=O)c1=O. The van der Waals surface area contributed by atoms with Crippen molar-refractivity contribution in [3.05, 3.63) is 114 Å². The number of allylic oxidation sites excluding steroid dienone is 4. The summed E-state index contributed by atoms with van der Waals surface area (Å²) in [6.07, 6.45) is 6.60. The van der Waals surface area contributed by atoms with E-state index in [1.165, 1.54) is 24.3 Å². The standard InChI is InChI=1S/C30H42N8O10/c1-5-15-33-25(41)34(16-6-2)28(44)37(27(33)43)19-21-47-23(39)31-13-11-9-10-12-14-32-24(40)48-22-20-38-29(45)35(17-7-3)26(42)36(18-8-4)30(38)46/h5-8H,1-4,9-22H2,(H,31,39)(H,32,40). The number of nitrogens with zero attached hydrogens (tertiary/aromatic N) is 6. The molecule has 0 aliphatic heterocycles. The van der Waals surface area contributed by atoms with Crippen LogP contribution in [-0.2, 0) is 48.7 Å². The van der Waals surface area contributed by atoms with Crippen LogP contribution in [0, 0.1) is 0 Å². The summed E-state index contributed by atoms with van der Waals surface area (Å²) in [7, 11) is 0. The van der Waals surface area contributed by atoms with E-state index in [0.29, 0.717) is 25.9 Å². The first-order valence-electron chi connectivity index (χ1n) is 15.2. The van der Waals surface area contributed by atoms with Gasteiger partial charge in [-0.05, 0) is 12.8 Å². The second-order valence-corrected chi connectivity index (χ2v) is 10.1. The van der Waals surface area contributed by atoms with E-state index in [2.05, 4.69) is 36.9 Å². The van der Waals surface area contributed by atoms with Crippen molar-refractivity contribution in [3.8, 4) is 0 Å². The van der Waals surface area contributed by atoms with Crippen molar-refractivity contribution in [2.75, 3.05) is 26.3 Å². The fourth-order valence-corrected chi connectivity index (χ4v) is 4.43. The van der Waals surface area contributed by atoms with E-state index in [9.17, 15) is 38.4 Å². The molecule has 2 aromatic rings. The van der Waals surface area contributed by atoms with Gasteiger partial charge in [-0.2, -0.15) is 0 Å².